The second kappa shape index (κ2) is 8.90. The number of fused-ring (bicyclic) bond motifs is 1. The van der Waals surface area contributed by atoms with Crippen LogP contribution in [0.1, 0.15) is 28.9 Å². The smallest absolute Gasteiger partial charge is 0.325 e. The third-order valence-corrected chi connectivity index (χ3v) is 4.07. The second-order valence-electron chi connectivity index (χ2n) is 6.11. The van der Waals surface area contributed by atoms with Crippen LogP contribution in [-0.2, 0) is 14.3 Å². The average molecular weight is 384 g/mol. The van der Waals surface area contributed by atoms with Crippen molar-refractivity contribution in [3.8, 4) is 11.5 Å². The van der Waals surface area contributed by atoms with Gasteiger partial charge in [0.1, 0.15) is 6.54 Å². The third kappa shape index (κ3) is 5.00. The van der Waals surface area contributed by atoms with E-state index in [-0.39, 0.29) is 19.4 Å². The molecule has 1 atom stereocenters. The van der Waals surface area contributed by atoms with Gasteiger partial charge in [-0.15, -0.1) is 0 Å². The molecular weight excluding hydrogens is 364 g/mol. The van der Waals surface area contributed by atoms with Crippen molar-refractivity contribution in [3.63, 3.8) is 0 Å². The number of benzene rings is 2. The van der Waals surface area contributed by atoms with Crippen LogP contribution in [0.4, 0.5) is 0 Å². The molecule has 1 aliphatic rings. The molecule has 0 saturated carbocycles. The van der Waals surface area contributed by atoms with E-state index in [1.54, 1.807) is 12.1 Å². The molecule has 2 aromatic carbocycles. The summed E-state index contributed by atoms with van der Waals surface area (Å²) in [6.07, 6.45) is 0. The number of ether oxygens (including phenoxy) is 3. The summed E-state index contributed by atoms with van der Waals surface area (Å²) >= 11 is 0. The summed E-state index contributed by atoms with van der Waals surface area (Å²) in [6.45, 7) is 1.17. The van der Waals surface area contributed by atoms with Crippen molar-refractivity contribution in [1.82, 2.24) is 10.6 Å². The largest absolute Gasteiger partial charge is 0.454 e. The van der Waals surface area contributed by atoms with E-state index in [9.17, 15) is 14.4 Å². The maximum Gasteiger partial charge on any atom is 0.325 e. The van der Waals surface area contributed by atoms with E-state index in [1.165, 1.54) is 6.07 Å². The van der Waals surface area contributed by atoms with E-state index in [2.05, 4.69) is 10.6 Å². The lowest BCUT2D eigenvalue weighted by Crippen LogP contribution is -2.34. The first-order valence-electron chi connectivity index (χ1n) is 8.70. The molecule has 0 saturated heterocycles. The Kier molecular flexibility index (Phi) is 6.11. The standard InChI is InChI=1S/C20H20N2O6/c1-13(14-5-3-2-4-6-14)22-18(23)11-26-19(24)10-21-20(25)15-7-8-16-17(9-15)28-12-27-16/h2-9,13H,10-12H2,1H3,(H,21,25)(H,22,23)/t13-/m1/s1. The molecule has 0 radical (unpaired) electrons. The molecule has 3 rings (SSSR count). The third-order valence-electron chi connectivity index (χ3n) is 4.07. The van der Waals surface area contributed by atoms with Crippen LogP contribution in [0.15, 0.2) is 48.5 Å². The van der Waals surface area contributed by atoms with Crippen molar-refractivity contribution in [2.75, 3.05) is 19.9 Å². The lowest BCUT2D eigenvalue weighted by Gasteiger charge is -2.14. The quantitative estimate of drug-likeness (QED) is 0.703. The molecule has 0 bridgehead atoms. The number of carbonyl (C=O) groups is 3. The van der Waals surface area contributed by atoms with E-state index < -0.39 is 24.4 Å². The van der Waals surface area contributed by atoms with E-state index in [4.69, 9.17) is 14.2 Å². The lowest BCUT2D eigenvalue weighted by molar-refractivity contribution is -0.147. The van der Waals surface area contributed by atoms with Crippen molar-refractivity contribution >= 4 is 17.8 Å². The number of rotatable bonds is 7. The fourth-order valence-corrected chi connectivity index (χ4v) is 2.60. The highest BCUT2D eigenvalue weighted by Gasteiger charge is 2.17. The monoisotopic (exact) mass is 384 g/mol. The summed E-state index contributed by atoms with van der Waals surface area (Å²) in [4.78, 5) is 35.8. The first-order valence-corrected chi connectivity index (χ1v) is 8.70. The van der Waals surface area contributed by atoms with E-state index >= 15 is 0 Å². The molecule has 1 heterocycles. The fraction of sp³-hybridized carbons (Fsp3) is 0.250. The van der Waals surface area contributed by atoms with Gasteiger partial charge in [0.2, 0.25) is 6.79 Å². The molecule has 2 aromatic rings. The molecule has 0 fully saturated rings. The molecule has 0 spiro atoms. The van der Waals surface area contributed by atoms with Gasteiger partial charge in [-0.25, -0.2) is 0 Å². The van der Waals surface area contributed by atoms with Crippen LogP contribution in [0.2, 0.25) is 0 Å². The molecule has 8 nitrogen and oxygen atoms in total. The van der Waals surface area contributed by atoms with Gasteiger partial charge in [0.25, 0.3) is 11.8 Å². The van der Waals surface area contributed by atoms with Crippen molar-refractivity contribution < 1.29 is 28.6 Å². The van der Waals surface area contributed by atoms with Crippen molar-refractivity contribution in [1.29, 1.82) is 0 Å². The Hall–Kier alpha value is -3.55. The molecule has 0 unspecified atom stereocenters. The van der Waals surface area contributed by atoms with E-state index in [1.807, 2.05) is 37.3 Å². The number of amides is 2. The van der Waals surface area contributed by atoms with Crippen LogP contribution >= 0.6 is 0 Å². The van der Waals surface area contributed by atoms with Gasteiger partial charge in [-0.3, -0.25) is 14.4 Å². The minimum absolute atomic E-state index is 0.109. The minimum atomic E-state index is -0.711. The molecule has 0 aliphatic carbocycles. The summed E-state index contributed by atoms with van der Waals surface area (Å²) in [5, 5.41) is 5.18. The Morgan fingerprint density at radius 2 is 1.82 bits per heavy atom. The second-order valence-corrected chi connectivity index (χ2v) is 6.11. The van der Waals surface area contributed by atoms with Gasteiger partial charge in [0, 0.05) is 5.56 Å². The Bertz CT molecular complexity index is 868. The Morgan fingerprint density at radius 1 is 1.07 bits per heavy atom. The predicted molar refractivity (Wildman–Crippen MR) is 98.9 cm³/mol. The van der Waals surface area contributed by atoms with Crippen LogP contribution < -0.4 is 20.1 Å². The molecule has 2 amide bonds. The minimum Gasteiger partial charge on any atom is -0.454 e. The number of carbonyl (C=O) groups excluding carboxylic acids is 3. The Labute approximate surface area is 161 Å². The Balaban J connectivity index is 1.39. The van der Waals surface area contributed by atoms with Crippen LogP contribution in [0.5, 0.6) is 11.5 Å². The lowest BCUT2D eigenvalue weighted by atomic mass is 10.1. The van der Waals surface area contributed by atoms with E-state index in [0.717, 1.165) is 5.56 Å². The zero-order valence-electron chi connectivity index (χ0n) is 15.3. The summed E-state index contributed by atoms with van der Waals surface area (Å²) < 4.78 is 15.3. The molecule has 0 aromatic heterocycles. The number of nitrogens with one attached hydrogen (secondary N) is 2. The van der Waals surface area contributed by atoms with Crippen LogP contribution in [0, 0.1) is 0 Å². The van der Waals surface area contributed by atoms with Crippen molar-refractivity contribution in [3.05, 3.63) is 59.7 Å². The molecular formula is C20H20N2O6. The summed E-state index contributed by atoms with van der Waals surface area (Å²) in [5.41, 5.74) is 1.27. The molecule has 2 N–H and O–H groups in total. The normalized spacial score (nSPS) is 12.8. The van der Waals surface area contributed by atoms with E-state index in [0.29, 0.717) is 17.1 Å². The first kappa shape index (κ1) is 19.2. The first-order chi connectivity index (χ1) is 13.5. The van der Waals surface area contributed by atoms with Gasteiger partial charge in [-0.2, -0.15) is 0 Å². The van der Waals surface area contributed by atoms with Crippen LogP contribution in [0.25, 0.3) is 0 Å². The highest BCUT2D eigenvalue weighted by atomic mass is 16.7. The maximum atomic E-state index is 12.1. The number of esters is 1. The SMILES string of the molecule is C[C@@H](NC(=O)COC(=O)CNC(=O)c1ccc2c(c1)OCO2)c1ccccc1. The van der Waals surface area contributed by atoms with Gasteiger partial charge in [-0.1, -0.05) is 30.3 Å². The molecule has 28 heavy (non-hydrogen) atoms. The van der Waals surface area contributed by atoms with Gasteiger partial charge in [-0.05, 0) is 30.7 Å². The number of hydrogen-bond acceptors (Lipinski definition) is 6. The molecule has 8 heteroatoms. The average Bonchev–Trinajstić information content (AvgIpc) is 3.19. The fourth-order valence-electron chi connectivity index (χ4n) is 2.60. The predicted octanol–water partition coefficient (Wildman–Crippen LogP) is 1.57. The summed E-state index contributed by atoms with van der Waals surface area (Å²) in [5.74, 6) is -0.563. The van der Waals surface area contributed by atoms with Crippen molar-refractivity contribution in [2.24, 2.45) is 0 Å². The highest BCUT2D eigenvalue weighted by molar-refractivity contribution is 5.96. The van der Waals surface area contributed by atoms with Gasteiger partial charge in [0.15, 0.2) is 18.1 Å². The zero-order valence-corrected chi connectivity index (χ0v) is 15.3. The topological polar surface area (TPSA) is 103 Å². The van der Waals surface area contributed by atoms with Crippen molar-refractivity contribution in [2.45, 2.75) is 13.0 Å². The maximum absolute atomic E-state index is 12.1. The van der Waals surface area contributed by atoms with Gasteiger partial charge in [0.05, 0.1) is 6.04 Å². The highest BCUT2D eigenvalue weighted by Crippen LogP contribution is 2.32. The van der Waals surface area contributed by atoms with Crippen LogP contribution in [0.3, 0.4) is 0 Å². The Morgan fingerprint density at radius 3 is 2.61 bits per heavy atom. The zero-order chi connectivity index (χ0) is 19.9. The van der Waals surface area contributed by atoms with Gasteiger partial charge < -0.3 is 24.8 Å². The van der Waals surface area contributed by atoms with Crippen LogP contribution in [-0.4, -0.2) is 37.7 Å². The summed E-state index contributed by atoms with van der Waals surface area (Å²) in [7, 11) is 0. The van der Waals surface area contributed by atoms with Gasteiger partial charge >= 0.3 is 5.97 Å². The number of hydrogen-bond donors (Lipinski definition) is 2. The summed E-state index contributed by atoms with van der Waals surface area (Å²) in [6, 6.07) is 13.9. The molecule has 1 aliphatic heterocycles. The molecule has 146 valence electrons.